The van der Waals surface area contributed by atoms with E-state index in [0.29, 0.717) is 26.2 Å². The molecule has 3 aliphatic rings. The minimum Gasteiger partial charge on any atom is -0.480 e. The number of carbonyl (C=O) groups is 3. The Kier molecular flexibility index (Phi) is 10.5. The number of piperazine rings is 1. The summed E-state index contributed by atoms with van der Waals surface area (Å²) in [6.45, 7) is 13.8. The predicted octanol–water partition coefficient (Wildman–Crippen LogP) is 0.935. The lowest BCUT2D eigenvalue weighted by atomic mass is 9.87. The summed E-state index contributed by atoms with van der Waals surface area (Å²) in [6.07, 6.45) is 2.27. The Hall–Kier alpha value is -1.55. The number of hydrogen-bond donors (Lipinski definition) is 2. The second-order valence-electron chi connectivity index (χ2n) is 10.2. The third kappa shape index (κ3) is 9.13. The minimum atomic E-state index is -0.911. The van der Waals surface area contributed by atoms with Crippen LogP contribution in [0.5, 0.6) is 0 Å². The van der Waals surface area contributed by atoms with Crippen molar-refractivity contribution in [3.8, 4) is 0 Å². The predicted molar refractivity (Wildman–Crippen MR) is 123 cm³/mol. The second-order valence-corrected chi connectivity index (χ2v) is 10.2. The highest BCUT2D eigenvalue weighted by atomic mass is 16.4. The van der Waals surface area contributed by atoms with Crippen LogP contribution in [0.25, 0.3) is 0 Å². The number of carbonyl (C=O) groups excluding carboxylic acids is 1. The molecule has 0 aromatic carbocycles. The van der Waals surface area contributed by atoms with Crippen LogP contribution in [-0.4, -0.2) is 126 Å². The van der Waals surface area contributed by atoms with Crippen LogP contribution in [0.15, 0.2) is 0 Å². The molecule has 0 radical (unpaired) electrons. The molecule has 0 aromatic rings. The molecule has 3 saturated heterocycles. The number of nitrogens with zero attached hydrogens (tertiary/aromatic N) is 4. The van der Waals surface area contributed by atoms with E-state index in [-0.39, 0.29) is 25.2 Å². The van der Waals surface area contributed by atoms with Crippen molar-refractivity contribution in [1.82, 2.24) is 19.6 Å². The minimum absolute atomic E-state index is 0.0398. The fourth-order valence-electron chi connectivity index (χ4n) is 4.51. The fourth-order valence-corrected chi connectivity index (χ4v) is 4.51. The number of hydrogen-bond acceptors (Lipinski definition) is 7. The third-order valence-electron chi connectivity index (χ3n) is 6.60. The molecule has 3 rings (SSSR count). The van der Waals surface area contributed by atoms with Gasteiger partial charge in [-0.15, -0.1) is 0 Å². The molecule has 3 heterocycles. The number of Topliss-reactive ketones (excluding diaryl/α,β-unsaturated/α-hetero) is 1. The van der Waals surface area contributed by atoms with Crippen LogP contribution in [-0.2, 0) is 14.4 Å². The van der Waals surface area contributed by atoms with Gasteiger partial charge in [-0.2, -0.15) is 0 Å². The van der Waals surface area contributed by atoms with Crippen LogP contribution < -0.4 is 0 Å². The van der Waals surface area contributed by atoms with Gasteiger partial charge in [-0.1, -0.05) is 20.8 Å². The van der Waals surface area contributed by atoms with Gasteiger partial charge in [0, 0.05) is 64.2 Å². The lowest BCUT2D eigenvalue weighted by molar-refractivity contribution is -0.144. The van der Waals surface area contributed by atoms with E-state index in [0.717, 1.165) is 52.1 Å². The highest BCUT2D eigenvalue weighted by Gasteiger charge is 2.29. The van der Waals surface area contributed by atoms with Crippen molar-refractivity contribution in [2.45, 2.75) is 52.5 Å². The molecule has 0 amide bonds. The van der Waals surface area contributed by atoms with Gasteiger partial charge in [0.05, 0.1) is 6.54 Å². The van der Waals surface area contributed by atoms with Gasteiger partial charge >= 0.3 is 11.9 Å². The Morgan fingerprint density at radius 3 is 1.84 bits per heavy atom. The molecule has 0 saturated carbocycles. The molecule has 184 valence electrons. The van der Waals surface area contributed by atoms with E-state index in [1.165, 1.54) is 0 Å². The fraction of sp³-hybridized carbons (Fsp3) is 0.870. The number of fused-ring (bicyclic) bond motifs is 11. The van der Waals surface area contributed by atoms with Gasteiger partial charge < -0.3 is 20.0 Å². The number of carboxylic acids is 2. The Labute approximate surface area is 192 Å². The first-order valence-corrected chi connectivity index (χ1v) is 12.0. The van der Waals surface area contributed by atoms with Crippen LogP contribution in [0, 0.1) is 5.41 Å². The van der Waals surface area contributed by atoms with Crippen molar-refractivity contribution in [3.05, 3.63) is 0 Å². The molecule has 9 heteroatoms. The van der Waals surface area contributed by atoms with Gasteiger partial charge in [0.25, 0.3) is 0 Å². The topological polar surface area (TPSA) is 105 Å². The zero-order valence-corrected chi connectivity index (χ0v) is 20.1. The number of ketones is 1. The van der Waals surface area contributed by atoms with E-state index in [2.05, 4.69) is 9.80 Å². The van der Waals surface area contributed by atoms with Gasteiger partial charge in [0.15, 0.2) is 0 Å². The number of rotatable bonds is 7. The molecule has 0 aromatic heterocycles. The largest absolute Gasteiger partial charge is 0.480 e. The van der Waals surface area contributed by atoms with Crippen LogP contribution in [0.2, 0.25) is 0 Å². The summed E-state index contributed by atoms with van der Waals surface area (Å²) < 4.78 is 0. The normalized spacial score (nSPS) is 25.7. The zero-order chi connectivity index (χ0) is 23.7. The van der Waals surface area contributed by atoms with Crippen molar-refractivity contribution < 1.29 is 24.6 Å². The highest BCUT2D eigenvalue weighted by Crippen LogP contribution is 2.20. The van der Waals surface area contributed by atoms with Crippen molar-refractivity contribution in [2.75, 3.05) is 72.0 Å². The summed E-state index contributed by atoms with van der Waals surface area (Å²) in [7, 11) is 0. The maximum Gasteiger partial charge on any atom is 0.320 e. The second kappa shape index (κ2) is 12.6. The summed E-state index contributed by atoms with van der Waals surface area (Å²) in [5, 5.41) is 19.3. The van der Waals surface area contributed by atoms with E-state index < -0.39 is 23.4 Å². The molecular weight excluding hydrogens is 412 g/mol. The molecule has 2 bridgehead atoms. The van der Waals surface area contributed by atoms with Gasteiger partial charge in [0.2, 0.25) is 0 Å². The first-order chi connectivity index (χ1) is 15.1. The summed E-state index contributed by atoms with van der Waals surface area (Å²) >= 11 is 0. The van der Waals surface area contributed by atoms with E-state index in [9.17, 15) is 24.6 Å². The van der Waals surface area contributed by atoms with Crippen molar-refractivity contribution in [3.63, 3.8) is 0 Å². The summed E-state index contributed by atoms with van der Waals surface area (Å²) in [4.78, 5) is 44.7. The van der Waals surface area contributed by atoms with Crippen LogP contribution in [0.4, 0.5) is 0 Å². The first kappa shape index (κ1) is 26.7. The Morgan fingerprint density at radius 1 is 0.781 bits per heavy atom. The third-order valence-corrected chi connectivity index (χ3v) is 6.60. The summed E-state index contributed by atoms with van der Waals surface area (Å²) in [5.74, 6) is -1.71. The molecule has 2 N–H and O–H groups in total. The standard InChI is InChI=1S/C23H42N4O5/c1-23(2,3)20(28)7-6-19(22(31)32)27-11-5-9-25-14-12-24(13-15-25)8-4-10-26(16-17-27)18-21(29)30/h19H,4-18H2,1-3H3,(H,29,30)(H,31,32)/t19-/m1/s1. The molecule has 1 atom stereocenters. The van der Waals surface area contributed by atoms with E-state index in [4.69, 9.17) is 0 Å². The Balaban J connectivity index is 2.11. The highest BCUT2D eigenvalue weighted by molar-refractivity contribution is 5.84. The van der Waals surface area contributed by atoms with Crippen LogP contribution >= 0.6 is 0 Å². The molecule has 3 fully saturated rings. The maximum absolute atomic E-state index is 12.4. The lowest BCUT2D eigenvalue weighted by Crippen LogP contribution is -2.50. The van der Waals surface area contributed by atoms with Crippen LogP contribution in [0.1, 0.15) is 46.5 Å². The molecule has 9 nitrogen and oxygen atoms in total. The van der Waals surface area contributed by atoms with E-state index in [1.807, 2.05) is 30.6 Å². The van der Waals surface area contributed by atoms with Crippen molar-refractivity contribution in [2.24, 2.45) is 5.41 Å². The average Bonchev–Trinajstić information content (AvgIpc) is 2.70. The van der Waals surface area contributed by atoms with Crippen molar-refractivity contribution >= 4 is 17.7 Å². The monoisotopic (exact) mass is 454 g/mol. The van der Waals surface area contributed by atoms with E-state index in [1.54, 1.807) is 0 Å². The quantitative estimate of drug-likeness (QED) is 0.581. The molecule has 3 aliphatic heterocycles. The molecule has 32 heavy (non-hydrogen) atoms. The smallest absolute Gasteiger partial charge is 0.320 e. The molecule has 0 spiro atoms. The van der Waals surface area contributed by atoms with E-state index >= 15 is 0 Å². The maximum atomic E-state index is 12.4. The Morgan fingerprint density at radius 2 is 1.34 bits per heavy atom. The number of carboxylic acid groups (broad SMARTS) is 2. The van der Waals surface area contributed by atoms with Crippen LogP contribution in [0.3, 0.4) is 0 Å². The average molecular weight is 455 g/mol. The lowest BCUT2D eigenvalue weighted by Gasteiger charge is -2.37. The van der Waals surface area contributed by atoms with Gasteiger partial charge in [-0.05, 0) is 32.4 Å². The summed E-state index contributed by atoms with van der Waals surface area (Å²) in [5.41, 5.74) is -0.484. The van der Waals surface area contributed by atoms with Gasteiger partial charge in [0.1, 0.15) is 11.8 Å². The van der Waals surface area contributed by atoms with Gasteiger partial charge in [-0.3, -0.25) is 24.2 Å². The molecule has 0 aliphatic carbocycles. The van der Waals surface area contributed by atoms with Crippen molar-refractivity contribution in [1.29, 1.82) is 0 Å². The first-order valence-electron chi connectivity index (χ1n) is 12.0. The number of aliphatic carboxylic acids is 2. The Bertz CT molecular complexity index is 628. The zero-order valence-electron chi connectivity index (χ0n) is 20.1. The molecule has 0 unspecified atom stereocenters. The summed E-state index contributed by atoms with van der Waals surface area (Å²) in [6, 6.07) is -0.738. The SMILES string of the molecule is CC(C)(C)C(=O)CC[C@H](C(=O)O)N1CCCN2CCN(CCCN(CC(=O)O)CC1)CC2. The van der Waals surface area contributed by atoms with Gasteiger partial charge in [-0.25, -0.2) is 0 Å². The molecular formula is C23H42N4O5.